The van der Waals surface area contributed by atoms with E-state index < -0.39 is 11.6 Å². The summed E-state index contributed by atoms with van der Waals surface area (Å²) in [5, 5.41) is 8.17. The predicted molar refractivity (Wildman–Crippen MR) is 105 cm³/mol. The summed E-state index contributed by atoms with van der Waals surface area (Å²) >= 11 is 1.05. The molecule has 0 radical (unpaired) electrons. The van der Waals surface area contributed by atoms with E-state index in [0.29, 0.717) is 5.89 Å². The minimum atomic E-state index is -1.05. The molecular formula is C20H19F2N3O2S. The van der Waals surface area contributed by atoms with Crippen LogP contribution in [0.15, 0.2) is 52.1 Å². The van der Waals surface area contributed by atoms with Crippen LogP contribution in [0.1, 0.15) is 24.2 Å². The van der Waals surface area contributed by atoms with E-state index in [2.05, 4.69) is 28.9 Å². The molecule has 0 unspecified atom stereocenters. The number of anilines is 1. The van der Waals surface area contributed by atoms with Crippen LogP contribution in [0, 0.1) is 11.6 Å². The second-order valence-corrected chi connectivity index (χ2v) is 6.86. The van der Waals surface area contributed by atoms with Crippen molar-refractivity contribution in [3.05, 3.63) is 59.7 Å². The van der Waals surface area contributed by atoms with Gasteiger partial charge in [-0.1, -0.05) is 11.8 Å². The predicted octanol–water partition coefficient (Wildman–Crippen LogP) is 4.84. The molecule has 0 saturated carbocycles. The molecule has 28 heavy (non-hydrogen) atoms. The fraction of sp³-hybridized carbons (Fsp3) is 0.250. The largest absolute Gasteiger partial charge is 0.411 e. The van der Waals surface area contributed by atoms with E-state index in [1.165, 1.54) is 6.07 Å². The van der Waals surface area contributed by atoms with E-state index >= 15 is 0 Å². The summed E-state index contributed by atoms with van der Waals surface area (Å²) in [6, 6.07) is 10.9. The number of thioether (sulfide) groups is 1. The number of ketones is 1. The molecule has 1 aromatic heterocycles. The van der Waals surface area contributed by atoms with Crippen molar-refractivity contribution < 1.29 is 18.0 Å². The molecule has 5 nitrogen and oxygen atoms in total. The van der Waals surface area contributed by atoms with Gasteiger partial charge in [-0.05, 0) is 56.3 Å². The highest BCUT2D eigenvalue weighted by Gasteiger charge is 2.14. The third-order valence-electron chi connectivity index (χ3n) is 4.22. The number of halogens is 2. The number of aromatic nitrogens is 2. The Bertz CT molecular complexity index is 956. The van der Waals surface area contributed by atoms with Crippen LogP contribution >= 0.6 is 11.8 Å². The first-order valence-electron chi connectivity index (χ1n) is 8.81. The van der Waals surface area contributed by atoms with Crippen LogP contribution in [0.2, 0.25) is 0 Å². The van der Waals surface area contributed by atoms with E-state index in [-0.39, 0.29) is 22.3 Å². The highest BCUT2D eigenvalue weighted by Crippen LogP contribution is 2.26. The van der Waals surface area contributed by atoms with Crippen LogP contribution in [-0.4, -0.2) is 34.8 Å². The normalized spacial score (nSPS) is 10.9. The summed E-state index contributed by atoms with van der Waals surface area (Å²) < 4.78 is 31.8. The zero-order valence-corrected chi connectivity index (χ0v) is 16.3. The lowest BCUT2D eigenvalue weighted by Crippen LogP contribution is -2.21. The van der Waals surface area contributed by atoms with E-state index in [1.807, 2.05) is 24.3 Å². The highest BCUT2D eigenvalue weighted by molar-refractivity contribution is 7.99. The van der Waals surface area contributed by atoms with E-state index in [0.717, 1.165) is 48.2 Å². The van der Waals surface area contributed by atoms with Gasteiger partial charge in [-0.25, -0.2) is 8.78 Å². The summed E-state index contributed by atoms with van der Waals surface area (Å²) in [4.78, 5) is 14.3. The molecule has 0 saturated heterocycles. The molecule has 0 atom stereocenters. The van der Waals surface area contributed by atoms with Crippen molar-refractivity contribution in [1.82, 2.24) is 10.2 Å². The molecule has 8 heteroatoms. The molecule has 0 aliphatic carbocycles. The Hall–Kier alpha value is -2.74. The van der Waals surface area contributed by atoms with Crippen LogP contribution in [0.3, 0.4) is 0 Å². The Morgan fingerprint density at radius 3 is 2.39 bits per heavy atom. The topological polar surface area (TPSA) is 59.2 Å². The average Bonchev–Trinajstić information content (AvgIpc) is 3.19. The van der Waals surface area contributed by atoms with E-state index in [1.54, 1.807) is 0 Å². The van der Waals surface area contributed by atoms with Crippen molar-refractivity contribution in [2.45, 2.75) is 19.1 Å². The number of carbonyl (C=O) groups excluding carboxylic acids is 1. The zero-order chi connectivity index (χ0) is 20.1. The van der Waals surface area contributed by atoms with Gasteiger partial charge >= 0.3 is 0 Å². The maximum absolute atomic E-state index is 13.2. The molecule has 0 fully saturated rings. The standard InChI is InChI=1S/C20H19F2N3O2S/c1-3-25(4-2)15-8-5-13(6-9-15)19-23-24-20(27-19)28-12-18(26)14-7-10-16(21)17(22)11-14/h5-11H,3-4,12H2,1-2H3. The van der Waals surface area contributed by atoms with Gasteiger partial charge in [0.25, 0.3) is 5.22 Å². The molecule has 0 aliphatic rings. The molecule has 3 rings (SSSR count). The Kier molecular flexibility index (Phi) is 6.41. The first-order valence-corrected chi connectivity index (χ1v) is 9.80. The Morgan fingerprint density at radius 2 is 1.75 bits per heavy atom. The number of nitrogens with zero attached hydrogens (tertiary/aromatic N) is 3. The quantitative estimate of drug-likeness (QED) is 0.396. The van der Waals surface area contributed by atoms with Crippen molar-refractivity contribution >= 4 is 23.2 Å². The van der Waals surface area contributed by atoms with Gasteiger partial charge in [0.05, 0.1) is 5.75 Å². The van der Waals surface area contributed by atoms with Gasteiger partial charge < -0.3 is 9.32 Å². The van der Waals surface area contributed by atoms with Gasteiger partial charge in [-0.3, -0.25) is 4.79 Å². The lowest BCUT2D eigenvalue weighted by molar-refractivity contribution is 0.102. The molecule has 0 aliphatic heterocycles. The summed E-state index contributed by atoms with van der Waals surface area (Å²) in [7, 11) is 0. The van der Waals surface area contributed by atoms with Crippen LogP contribution < -0.4 is 4.90 Å². The third kappa shape index (κ3) is 4.56. The molecular weight excluding hydrogens is 384 g/mol. The first kappa shape index (κ1) is 20.0. The lowest BCUT2D eigenvalue weighted by Gasteiger charge is -2.20. The lowest BCUT2D eigenvalue weighted by atomic mass is 10.1. The minimum Gasteiger partial charge on any atom is -0.411 e. The van der Waals surface area contributed by atoms with Gasteiger partial charge in [0.15, 0.2) is 17.4 Å². The van der Waals surface area contributed by atoms with Crippen molar-refractivity contribution in [2.24, 2.45) is 0 Å². The number of hydrogen-bond donors (Lipinski definition) is 0. The van der Waals surface area contributed by atoms with Gasteiger partial charge in [0.2, 0.25) is 5.89 Å². The van der Waals surface area contributed by atoms with Gasteiger partial charge in [-0.2, -0.15) is 0 Å². The Balaban J connectivity index is 1.64. The second-order valence-electron chi connectivity index (χ2n) is 5.93. The Morgan fingerprint density at radius 1 is 1.04 bits per heavy atom. The average molecular weight is 403 g/mol. The fourth-order valence-corrected chi connectivity index (χ4v) is 3.33. The molecule has 146 valence electrons. The maximum Gasteiger partial charge on any atom is 0.277 e. The van der Waals surface area contributed by atoms with Crippen molar-refractivity contribution in [2.75, 3.05) is 23.7 Å². The van der Waals surface area contributed by atoms with E-state index in [4.69, 9.17) is 4.42 Å². The summed E-state index contributed by atoms with van der Waals surface area (Å²) in [6.45, 7) is 6.04. The minimum absolute atomic E-state index is 0.0202. The fourth-order valence-electron chi connectivity index (χ4n) is 2.67. The molecule has 0 N–H and O–H groups in total. The number of rotatable bonds is 8. The van der Waals surface area contributed by atoms with E-state index in [9.17, 15) is 13.6 Å². The van der Waals surface area contributed by atoms with Gasteiger partial charge in [0, 0.05) is 29.9 Å². The molecule has 2 aromatic carbocycles. The van der Waals surface area contributed by atoms with Crippen molar-refractivity contribution in [1.29, 1.82) is 0 Å². The van der Waals surface area contributed by atoms with Crippen molar-refractivity contribution in [3.63, 3.8) is 0 Å². The molecule has 0 bridgehead atoms. The van der Waals surface area contributed by atoms with Crippen LogP contribution in [0.5, 0.6) is 0 Å². The SMILES string of the molecule is CCN(CC)c1ccc(-c2nnc(SCC(=O)c3ccc(F)c(F)c3)o2)cc1. The monoisotopic (exact) mass is 403 g/mol. The highest BCUT2D eigenvalue weighted by atomic mass is 32.2. The van der Waals surface area contributed by atoms with Gasteiger partial charge in [0.1, 0.15) is 0 Å². The molecule has 0 amide bonds. The number of hydrogen-bond acceptors (Lipinski definition) is 6. The molecule has 1 heterocycles. The number of Topliss-reactive ketones (excluding diaryl/α,β-unsaturated/α-hetero) is 1. The van der Waals surface area contributed by atoms with Crippen molar-refractivity contribution in [3.8, 4) is 11.5 Å². The smallest absolute Gasteiger partial charge is 0.277 e. The first-order chi connectivity index (χ1) is 13.5. The number of carbonyl (C=O) groups is 1. The van der Waals surface area contributed by atoms with Crippen LogP contribution in [0.25, 0.3) is 11.5 Å². The molecule has 3 aromatic rings. The summed E-state index contributed by atoms with van der Waals surface area (Å²) in [5.74, 6) is -2.06. The number of benzene rings is 2. The van der Waals surface area contributed by atoms with Crippen LogP contribution in [-0.2, 0) is 0 Å². The maximum atomic E-state index is 13.2. The second kappa shape index (κ2) is 8.97. The summed E-state index contributed by atoms with van der Waals surface area (Å²) in [5.41, 5.74) is 1.99. The van der Waals surface area contributed by atoms with Gasteiger partial charge in [-0.15, -0.1) is 10.2 Å². The van der Waals surface area contributed by atoms with Crippen LogP contribution in [0.4, 0.5) is 14.5 Å². The zero-order valence-electron chi connectivity index (χ0n) is 15.5. The third-order valence-corrected chi connectivity index (χ3v) is 5.04. The molecule has 0 spiro atoms. The summed E-state index contributed by atoms with van der Waals surface area (Å²) in [6.07, 6.45) is 0. The Labute approximate surface area is 165 Å².